The Labute approximate surface area is 241 Å². The number of rotatable bonds is 10. The van der Waals surface area contributed by atoms with Crippen LogP contribution in [0.5, 0.6) is 5.75 Å². The number of hydrogen-bond acceptors (Lipinski definition) is 6. The van der Waals surface area contributed by atoms with E-state index in [0.29, 0.717) is 5.57 Å². The van der Waals surface area contributed by atoms with Gasteiger partial charge < -0.3 is 14.6 Å². The number of carboxylic acids is 1. The smallest absolute Gasteiger partial charge is 0.358 e. The highest BCUT2D eigenvalue weighted by atomic mass is 16.6. The number of carbonyl (C=O) groups excluding carboxylic acids is 2. The number of esters is 2. The maximum atomic E-state index is 12.6. The lowest BCUT2D eigenvalue weighted by Crippen LogP contribution is -2.19. The molecule has 0 saturated heterocycles. The summed E-state index contributed by atoms with van der Waals surface area (Å²) in [4.78, 5) is 40.3. The summed E-state index contributed by atoms with van der Waals surface area (Å²) in [5, 5.41) is 9.43. The maximum Gasteiger partial charge on any atom is 0.358 e. The lowest BCUT2D eigenvalue weighted by atomic mass is 9.72. The number of nitrogens with zero attached hydrogens (tertiary/aromatic N) is 1. The molecule has 0 atom stereocenters. The fourth-order valence-electron chi connectivity index (χ4n) is 4.61. The summed E-state index contributed by atoms with van der Waals surface area (Å²) in [6, 6.07) is 10.3. The molecule has 0 unspecified atom stereocenters. The van der Waals surface area contributed by atoms with Gasteiger partial charge in [0, 0.05) is 12.3 Å². The first-order valence-corrected chi connectivity index (χ1v) is 13.5. The van der Waals surface area contributed by atoms with E-state index < -0.39 is 17.9 Å². The zero-order chi connectivity index (χ0) is 30.0. The van der Waals surface area contributed by atoms with Crippen molar-refractivity contribution in [3.63, 3.8) is 0 Å². The van der Waals surface area contributed by atoms with Gasteiger partial charge in [-0.25, -0.2) is 19.4 Å². The zero-order valence-electron chi connectivity index (χ0n) is 24.3. The van der Waals surface area contributed by atoms with Gasteiger partial charge in [-0.1, -0.05) is 85.7 Å². The van der Waals surface area contributed by atoms with Crippen LogP contribution in [0.2, 0.25) is 0 Å². The second kappa shape index (κ2) is 14.2. The molecule has 1 aliphatic carbocycles. The number of ether oxygens (including phenoxy) is 2. The van der Waals surface area contributed by atoms with Gasteiger partial charge in [0.25, 0.3) is 0 Å². The van der Waals surface area contributed by atoms with Crippen LogP contribution in [-0.2, 0) is 16.1 Å². The zero-order valence-corrected chi connectivity index (χ0v) is 24.3. The van der Waals surface area contributed by atoms with Crippen LogP contribution in [0.3, 0.4) is 0 Å². The molecule has 0 saturated carbocycles. The fraction of sp³-hybridized carbons (Fsp3) is 0.294. The second-order valence-corrected chi connectivity index (χ2v) is 10.8. The van der Waals surface area contributed by atoms with Crippen molar-refractivity contribution in [2.45, 2.75) is 60.5 Å². The van der Waals surface area contributed by atoms with Crippen LogP contribution in [0, 0.1) is 5.41 Å². The third-order valence-corrected chi connectivity index (χ3v) is 6.84. The minimum Gasteiger partial charge on any atom is -0.486 e. The van der Waals surface area contributed by atoms with Gasteiger partial charge in [0.05, 0.1) is 5.56 Å². The van der Waals surface area contributed by atoms with Gasteiger partial charge in [-0.3, -0.25) is 0 Å². The van der Waals surface area contributed by atoms with Gasteiger partial charge in [0.1, 0.15) is 6.61 Å². The highest BCUT2D eigenvalue weighted by Gasteiger charge is 2.26. The van der Waals surface area contributed by atoms with Crippen molar-refractivity contribution < 1.29 is 29.0 Å². The Bertz CT molecular complexity index is 1440. The molecule has 0 aliphatic heterocycles. The number of aromatic nitrogens is 1. The molecule has 7 nitrogen and oxygen atoms in total. The topological polar surface area (TPSA) is 103 Å². The van der Waals surface area contributed by atoms with Crippen LogP contribution in [0.1, 0.15) is 80.3 Å². The molecule has 1 aromatic carbocycles. The summed E-state index contributed by atoms with van der Waals surface area (Å²) in [6.07, 6.45) is 15.6. The van der Waals surface area contributed by atoms with E-state index in [2.05, 4.69) is 37.9 Å². The third-order valence-electron chi connectivity index (χ3n) is 6.84. The van der Waals surface area contributed by atoms with Crippen LogP contribution < -0.4 is 4.74 Å². The number of carboxylic acid groups (broad SMARTS) is 1. The standard InChI is InChI=1S/C34H37NO6/c1-23(16-17-28-25(3)13-10-18-34(28,4)5)11-9-12-24(2)19-30(36)41-33(39)27-20-29(31(32(37)38)35-21-27)40-22-26-14-7-6-8-15-26/h6-9,11-12,14-17,19-21H,10,13,18,22H2,1-5H3,(H,37,38)/b12-9+,17-16+,23-11+,24-19+. The van der Waals surface area contributed by atoms with Crippen molar-refractivity contribution in [1.29, 1.82) is 0 Å². The van der Waals surface area contributed by atoms with E-state index in [9.17, 15) is 19.5 Å². The predicted molar refractivity (Wildman–Crippen MR) is 159 cm³/mol. The Hall–Kier alpha value is -4.52. The number of aromatic carboxylic acids is 1. The van der Waals surface area contributed by atoms with E-state index in [-0.39, 0.29) is 29.0 Å². The van der Waals surface area contributed by atoms with Gasteiger partial charge in [0.2, 0.25) is 0 Å². The van der Waals surface area contributed by atoms with E-state index in [1.807, 2.05) is 49.4 Å². The summed E-state index contributed by atoms with van der Waals surface area (Å²) in [6.45, 7) is 10.6. The predicted octanol–water partition coefficient (Wildman–Crippen LogP) is 7.57. The first-order chi connectivity index (χ1) is 19.5. The Kier molecular flexibility index (Phi) is 10.8. The molecule has 2 aromatic rings. The molecule has 41 heavy (non-hydrogen) atoms. The molecule has 1 aliphatic rings. The van der Waals surface area contributed by atoms with Crippen LogP contribution in [0.15, 0.2) is 101 Å². The van der Waals surface area contributed by atoms with Crippen LogP contribution >= 0.6 is 0 Å². The maximum absolute atomic E-state index is 12.6. The number of pyridine rings is 1. The number of hydrogen-bond donors (Lipinski definition) is 1. The Balaban J connectivity index is 1.62. The first kappa shape index (κ1) is 31.0. The van der Waals surface area contributed by atoms with E-state index in [1.165, 1.54) is 36.1 Å². The average Bonchev–Trinajstić information content (AvgIpc) is 2.91. The Morgan fingerprint density at radius 1 is 1.07 bits per heavy atom. The largest absolute Gasteiger partial charge is 0.486 e. The molecule has 0 spiro atoms. The molecule has 7 heteroatoms. The molecule has 0 radical (unpaired) electrons. The Morgan fingerprint density at radius 2 is 1.80 bits per heavy atom. The molecule has 0 bridgehead atoms. The molecule has 214 valence electrons. The second-order valence-electron chi connectivity index (χ2n) is 10.8. The van der Waals surface area contributed by atoms with Gasteiger partial charge in [-0.2, -0.15) is 0 Å². The molecule has 1 heterocycles. The SMILES string of the molecule is CC1=C(/C=C/C(C)=C/C=C/C(C)=C/C(=O)OC(=O)c2cnc(C(=O)O)c(OCc3ccccc3)c2)C(C)(C)CCC1. The van der Waals surface area contributed by atoms with Crippen LogP contribution in [0.4, 0.5) is 0 Å². The average molecular weight is 556 g/mol. The minimum atomic E-state index is -1.31. The molecular weight excluding hydrogens is 518 g/mol. The fourth-order valence-corrected chi connectivity index (χ4v) is 4.61. The highest BCUT2D eigenvalue weighted by molar-refractivity contribution is 6.01. The van der Waals surface area contributed by atoms with E-state index in [0.717, 1.165) is 23.8 Å². The molecular formula is C34H37NO6. The first-order valence-electron chi connectivity index (χ1n) is 13.5. The molecule has 3 rings (SSSR count). The lowest BCUT2D eigenvalue weighted by molar-refractivity contribution is -0.132. The Morgan fingerprint density at radius 3 is 2.49 bits per heavy atom. The van der Waals surface area contributed by atoms with Crippen molar-refractivity contribution in [3.05, 3.63) is 118 Å². The van der Waals surface area contributed by atoms with Crippen molar-refractivity contribution in [2.75, 3.05) is 0 Å². The highest BCUT2D eigenvalue weighted by Crippen LogP contribution is 2.40. The van der Waals surface area contributed by atoms with E-state index in [1.54, 1.807) is 13.0 Å². The summed E-state index contributed by atoms with van der Waals surface area (Å²) in [5.41, 5.74) is 5.02. The number of carbonyl (C=O) groups is 3. The molecule has 0 fully saturated rings. The summed E-state index contributed by atoms with van der Waals surface area (Å²) < 4.78 is 10.5. The third kappa shape index (κ3) is 9.28. The van der Waals surface area contributed by atoms with Gasteiger partial charge in [-0.05, 0) is 68.2 Å². The van der Waals surface area contributed by atoms with Gasteiger partial charge in [0.15, 0.2) is 11.4 Å². The molecule has 1 aromatic heterocycles. The number of allylic oxidation sites excluding steroid dienone is 9. The summed E-state index contributed by atoms with van der Waals surface area (Å²) in [5.74, 6) is -3.23. The van der Waals surface area contributed by atoms with Gasteiger partial charge >= 0.3 is 17.9 Å². The van der Waals surface area contributed by atoms with Gasteiger partial charge in [-0.15, -0.1) is 0 Å². The van der Waals surface area contributed by atoms with Crippen molar-refractivity contribution >= 4 is 17.9 Å². The van der Waals surface area contributed by atoms with E-state index >= 15 is 0 Å². The monoisotopic (exact) mass is 555 g/mol. The summed E-state index contributed by atoms with van der Waals surface area (Å²) in [7, 11) is 0. The van der Waals surface area contributed by atoms with Crippen molar-refractivity contribution in [2.24, 2.45) is 5.41 Å². The number of benzene rings is 1. The minimum absolute atomic E-state index is 0.0771. The van der Waals surface area contributed by atoms with Crippen molar-refractivity contribution in [1.82, 2.24) is 4.98 Å². The van der Waals surface area contributed by atoms with Crippen LogP contribution in [0.25, 0.3) is 0 Å². The normalized spacial score (nSPS) is 15.8. The quantitative estimate of drug-likeness (QED) is 0.140. The van der Waals surface area contributed by atoms with E-state index in [4.69, 9.17) is 9.47 Å². The lowest BCUT2D eigenvalue weighted by Gasteiger charge is -2.32. The van der Waals surface area contributed by atoms with Crippen molar-refractivity contribution in [3.8, 4) is 5.75 Å². The summed E-state index contributed by atoms with van der Waals surface area (Å²) >= 11 is 0. The molecule has 1 N–H and O–H groups in total. The molecule has 0 amide bonds. The van der Waals surface area contributed by atoms with Crippen LogP contribution in [-0.4, -0.2) is 28.0 Å².